The number of nitrogens with one attached hydrogen (secondary N) is 1. The summed E-state index contributed by atoms with van der Waals surface area (Å²) in [5.41, 5.74) is 1.02. The minimum Gasteiger partial charge on any atom is -0.312 e. The fourth-order valence-electron chi connectivity index (χ4n) is 2.33. The van der Waals surface area contributed by atoms with Crippen molar-refractivity contribution in [2.45, 2.75) is 59.4 Å². The van der Waals surface area contributed by atoms with Gasteiger partial charge in [-0.15, -0.1) is 0 Å². The van der Waals surface area contributed by atoms with Crippen molar-refractivity contribution < 1.29 is 4.39 Å². The molecule has 0 unspecified atom stereocenters. The van der Waals surface area contributed by atoms with Crippen LogP contribution in [0, 0.1) is 11.2 Å². The summed E-state index contributed by atoms with van der Waals surface area (Å²) in [6, 6.07) is 5.38. The Kier molecular flexibility index (Phi) is 6.21. The van der Waals surface area contributed by atoms with Crippen molar-refractivity contribution in [3.63, 3.8) is 0 Å². The summed E-state index contributed by atoms with van der Waals surface area (Å²) in [5, 5.41) is 3.58. The minimum absolute atomic E-state index is 0.0911. The molecular formula is C17H27BrFN. The highest BCUT2D eigenvalue weighted by molar-refractivity contribution is 9.10. The standard InChI is InChI=1S/C17H27BrFN/c1-6-17(7-2,12-20-16(3,4)5)11-13-8-9-14(18)10-15(13)19/h8-10,20H,6-7,11-12H2,1-5H3. The smallest absolute Gasteiger partial charge is 0.127 e. The zero-order valence-electron chi connectivity index (χ0n) is 13.3. The van der Waals surface area contributed by atoms with Crippen molar-refractivity contribution in [2.24, 2.45) is 5.41 Å². The lowest BCUT2D eigenvalue weighted by molar-refractivity contribution is 0.218. The monoisotopic (exact) mass is 343 g/mol. The van der Waals surface area contributed by atoms with Crippen LogP contribution in [0.4, 0.5) is 4.39 Å². The van der Waals surface area contributed by atoms with Gasteiger partial charge >= 0.3 is 0 Å². The van der Waals surface area contributed by atoms with Gasteiger partial charge in [-0.1, -0.05) is 35.8 Å². The number of hydrogen-bond acceptors (Lipinski definition) is 1. The van der Waals surface area contributed by atoms with Crippen LogP contribution in [0.25, 0.3) is 0 Å². The molecule has 0 aliphatic heterocycles. The molecule has 0 atom stereocenters. The summed E-state index contributed by atoms with van der Waals surface area (Å²) < 4.78 is 14.9. The highest BCUT2D eigenvalue weighted by atomic mass is 79.9. The van der Waals surface area contributed by atoms with Crippen LogP contribution in [0.2, 0.25) is 0 Å². The largest absolute Gasteiger partial charge is 0.312 e. The maximum absolute atomic E-state index is 14.1. The molecule has 0 aliphatic rings. The van der Waals surface area contributed by atoms with Crippen LogP contribution in [-0.4, -0.2) is 12.1 Å². The minimum atomic E-state index is -0.110. The van der Waals surface area contributed by atoms with Gasteiger partial charge in [-0.25, -0.2) is 4.39 Å². The third kappa shape index (κ3) is 5.17. The fraction of sp³-hybridized carbons (Fsp3) is 0.647. The first kappa shape index (κ1) is 17.6. The van der Waals surface area contributed by atoms with Crippen LogP contribution in [0.3, 0.4) is 0 Å². The summed E-state index contributed by atoms with van der Waals surface area (Å²) in [7, 11) is 0. The van der Waals surface area contributed by atoms with E-state index in [0.717, 1.165) is 35.8 Å². The van der Waals surface area contributed by atoms with Crippen molar-refractivity contribution in [1.29, 1.82) is 0 Å². The van der Waals surface area contributed by atoms with E-state index in [2.05, 4.69) is 55.9 Å². The van der Waals surface area contributed by atoms with Crippen molar-refractivity contribution in [1.82, 2.24) is 5.32 Å². The van der Waals surface area contributed by atoms with E-state index in [1.165, 1.54) is 0 Å². The van der Waals surface area contributed by atoms with E-state index in [1.54, 1.807) is 6.07 Å². The van der Waals surface area contributed by atoms with Crippen LogP contribution in [0.1, 0.15) is 53.0 Å². The van der Waals surface area contributed by atoms with Crippen LogP contribution in [0.5, 0.6) is 0 Å². The second-order valence-electron chi connectivity index (χ2n) is 6.72. The Bertz CT molecular complexity index is 433. The van der Waals surface area contributed by atoms with Gasteiger partial charge in [-0.3, -0.25) is 0 Å². The first-order chi connectivity index (χ1) is 9.21. The first-order valence-corrected chi connectivity index (χ1v) is 8.19. The molecule has 20 heavy (non-hydrogen) atoms. The van der Waals surface area contributed by atoms with Gasteiger partial charge in [-0.05, 0) is 63.1 Å². The van der Waals surface area contributed by atoms with Gasteiger partial charge in [0.15, 0.2) is 0 Å². The van der Waals surface area contributed by atoms with Crippen LogP contribution < -0.4 is 5.32 Å². The van der Waals surface area contributed by atoms with E-state index in [4.69, 9.17) is 0 Å². The maximum atomic E-state index is 14.1. The summed E-state index contributed by atoms with van der Waals surface area (Å²) in [6.07, 6.45) is 2.87. The number of rotatable bonds is 6. The van der Waals surface area contributed by atoms with Crippen LogP contribution >= 0.6 is 15.9 Å². The molecular weight excluding hydrogens is 317 g/mol. The van der Waals surface area contributed by atoms with E-state index in [-0.39, 0.29) is 16.8 Å². The average Bonchev–Trinajstić information content (AvgIpc) is 2.36. The molecule has 0 saturated heterocycles. The van der Waals surface area contributed by atoms with Gasteiger partial charge in [0.05, 0.1) is 0 Å². The molecule has 3 heteroatoms. The number of halogens is 2. The SMILES string of the molecule is CCC(CC)(CNC(C)(C)C)Cc1ccc(Br)cc1F. The topological polar surface area (TPSA) is 12.0 Å². The summed E-state index contributed by atoms with van der Waals surface area (Å²) in [5.74, 6) is -0.110. The maximum Gasteiger partial charge on any atom is 0.127 e. The fourth-order valence-corrected chi connectivity index (χ4v) is 2.67. The molecule has 1 aromatic rings. The van der Waals surface area contributed by atoms with Gasteiger partial charge < -0.3 is 5.32 Å². The second-order valence-corrected chi connectivity index (χ2v) is 7.64. The first-order valence-electron chi connectivity index (χ1n) is 7.40. The molecule has 0 fully saturated rings. The molecule has 0 saturated carbocycles. The Hall–Kier alpha value is -0.410. The summed E-state index contributed by atoms with van der Waals surface area (Å²) in [6.45, 7) is 11.8. The van der Waals surface area contributed by atoms with E-state index in [1.807, 2.05) is 12.1 Å². The van der Waals surface area contributed by atoms with E-state index in [0.29, 0.717) is 0 Å². The van der Waals surface area contributed by atoms with E-state index >= 15 is 0 Å². The Morgan fingerprint density at radius 3 is 2.20 bits per heavy atom. The van der Waals surface area contributed by atoms with E-state index < -0.39 is 0 Å². The molecule has 1 rings (SSSR count). The normalized spacial score (nSPS) is 12.8. The number of hydrogen-bond donors (Lipinski definition) is 1. The van der Waals surface area contributed by atoms with Crippen LogP contribution in [0.15, 0.2) is 22.7 Å². The van der Waals surface area contributed by atoms with Crippen molar-refractivity contribution >= 4 is 15.9 Å². The summed E-state index contributed by atoms with van der Waals surface area (Å²) >= 11 is 3.31. The Balaban J connectivity index is 2.90. The zero-order chi connectivity index (χ0) is 15.4. The molecule has 1 nitrogen and oxygen atoms in total. The molecule has 0 radical (unpaired) electrons. The summed E-state index contributed by atoms with van der Waals surface area (Å²) in [4.78, 5) is 0. The van der Waals surface area contributed by atoms with Crippen molar-refractivity contribution in [2.75, 3.05) is 6.54 Å². The Morgan fingerprint density at radius 2 is 1.75 bits per heavy atom. The molecule has 1 N–H and O–H groups in total. The number of benzene rings is 1. The lowest BCUT2D eigenvalue weighted by Crippen LogP contribution is -2.44. The molecule has 0 spiro atoms. The zero-order valence-corrected chi connectivity index (χ0v) is 14.9. The lowest BCUT2D eigenvalue weighted by Gasteiger charge is -2.35. The van der Waals surface area contributed by atoms with Crippen LogP contribution in [-0.2, 0) is 6.42 Å². The molecule has 0 heterocycles. The Morgan fingerprint density at radius 1 is 1.15 bits per heavy atom. The van der Waals surface area contributed by atoms with Gasteiger partial charge in [0.2, 0.25) is 0 Å². The third-order valence-electron chi connectivity index (χ3n) is 4.07. The van der Waals surface area contributed by atoms with E-state index in [9.17, 15) is 4.39 Å². The molecule has 0 aliphatic carbocycles. The molecule has 0 aromatic heterocycles. The second kappa shape index (κ2) is 7.04. The third-order valence-corrected chi connectivity index (χ3v) is 4.57. The van der Waals surface area contributed by atoms with Gasteiger partial charge in [-0.2, -0.15) is 0 Å². The quantitative estimate of drug-likeness (QED) is 0.736. The van der Waals surface area contributed by atoms with Crippen molar-refractivity contribution in [3.8, 4) is 0 Å². The van der Waals surface area contributed by atoms with Gasteiger partial charge in [0.25, 0.3) is 0 Å². The average molecular weight is 344 g/mol. The predicted octanol–water partition coefficient (Wildman–Crippen LogP) is 5.33. The Labute approximate surface area is 131 Å². The van der Waals surface area contributed by atoms with Gasteiger partial charge in [0, 0.05) is 16.6 Å². The molecule has 0 amide bonds. The highest BCUT2D eigenvalue weighted by Crippen LogP contribution is 2.32. The molecule has 0 bridgehead atoms. The van der Waals surface area contributed by atoms with Crippen molar-refractivity contribution in [3.05, 3.63) is 34.1 Å². The molecule has 114 valence electrons. The molecule has 1 aromatic carbocycles. The highest BCUT2D eigenvalue weighted by Gasteiger charge is 2.29. The van der Waals surface area contributed by atoms with Gasteiger partial charge in [0.1, 0.15) is 5.82 Å². The predicted molar refractivity (Wildman–Crippen MR) is 88.6 cm³/mol. The lowest BCUT2D eigenvalue weighted by atomic mass is 9.76.